The summed E-state index contributed by atoms with van der Waals surface area (Å²) < 4.78 is 0. The van der Waals surface area contributed by atoms with Crippen LogP contribution in [0.25, 0.3) is 0 Å². The van der Waals surface area contributed by atoms with Crippen LogP contribution in [-0.2, 0) is 4.79 Å². The van der Waals surface area contributed by atoms with Gasteiger partial charge in [-0.2, -0.15) is 0 Å². The predicted molar refractivity (Wildman–Crippen MR) is 63.1 cm³/mol. The highest BCUT2D eigenvalue weighted by atomic mass is 16.1. The van der Waals surface area contributed by atoms with Crippen molar-refractivity contribution in [2.75, 3.05) is 7.05 Å². The highest BCUT2D eigenvalue weighted by Gasteiger charge is 1.98. The van der Waals surface area contributed by atoms with Gasteiger partial charge in [-0.15, -0.1) is 0 Å². The van der Waals surface area contributed by atoms with E-state index in [4.69, 9.17) is 0 Å². The van der Waals surface area contributed by atoms with E-state index in [9.17, 15) is 4.79 Å². The van der Waals surface area contributed by atoms with Crippen molar-refractivity contribution in [2.24, 2.45) is 5.92 Å². The van der Waals surface area contributed by atoms with Crippen molar-refractivity contribution >= 4 is 6.29 Å². The summed E-state index contributed by atoms with van der Waals surface area (Å²) >= 11 is 0. The molecule has 0 aromatic rings. The van der Waals surface area contributed by atoms with Crippen LogP contribution in [0.1, 0.15) is 34.6 Å². The fourth-order valence-electron chi connectivity index (χ4n) is 0.808. The van der Waals surface area contributed by atoms with Crippen LogP contribution in [0.4, 0.5) is 0 Å². The molecule has 0 spiro atoms. The molecule has 0 aromatic carbocycles. The Morgan fingerprint density at radius 1 is 1.29 bits per heavy atom. The summed E-state index contributed by atoms with van der Waals surface area (Å²) in [5, 5.41) is 3.01. The molecular weight excluding hydrogens is 174 g/mol. The van der Waals surface area contributed by atoms with Crippen LogP contribution in [0.15, 0.2) is 23.4 Å². The normalized spacial score (nSPS) is 11.9. The van der Waals surface area contributed by atoms with E-state index in [1.54, 1.807) is 6.08 Å². The van der Waals surface area contributed by atoms with E-state index in [0.717, 1.165) is 17.6 Å². The molecule has 2 nitrogen and oxygen atoms in total. The Labute approximate surface area is 88.1 Å². The number of hydrogen-bond acceptors (Lipinski definition) is 2. The Bertz CT molecular complexity index is 202. The Balaban J connectivity index is 0. The number of hydrogen-bond donors (Lipinski definition) is 1. The van der Waals surface area contributed by atoms with E-state index in [1.807, 2.05) is 33.9 Å². The molecule has 0 bridgehead atoms. The zero-order valence-electron chi connectivity index (χ0n) is 10.2. The van der Waals surface area contributed by atoms with E-state index in [-0.39, 0.29) is 0 Å². The maximum Gasteiger partial charge on any atom is 0.143 e. The van der Waals surface area contributed by atoms with Crippen molar-refractivity contribution in [3.8, 4) is 0 Å². The van der Waals surface area contributed by atoms with Gasteiger partial charge in [0.25, 0.3) is 0 Å². The molecule has 0 atom stereocenters. The van der Waals surface area contributed by atoms with Crippen molar-refractivity contribution in [2.45, 2.75) is 34.6 Å². The van der Waals surface area contributed by atoms with Gasteiger partial charge < -0.3 is 5.32 Å². The molecule has 0 radical (unpaired) electrons. The van der Waals surface area contributed by atoms with Crippen LogP contribution < -0.4 is 5.32 Å². The van der Waals surface area contributed by atoms with E-state index >= 15 is 0 Å². The van der Waals surface area contributed by atoms with Crippen molar-refractivity contribution < 1.29 is 4.79 Å². The monoisotopic (exact) mass is 197 g/mol. The molecule has 0 heterocycles. The zero-order valence-corrected chi connectivity index (χ0v) is 10.2. The van der Waals surface area contributed by atoms with E-state index < -0.39 is 0 Å². The van der Waals surface area contributed by atoms with Crippen LogP contribution in [-0.4, -0.2) is 13.3 Å². The molecule has 0 rings (SSSR count). The van der Waals surface area contributed by atoms with Crippen molar-refractivity contribution in [3.05, 3.63) is 23.4 Å². The van der Waals surface area contributed by atoms with E-state index in [2.05, 4.69) is 19.2 Å². The molecule has 1 N–H and O–H groups in total. The second-order valence-corrected chi connectivity index (χ2v) is 3.03. The summed E-state index contributed by atoms with van der Waals surface area (Å²) in [7, 11) is 1.87. The summed E-state index contributed by atoms with van der Waals surface area (Å²) in [5.74, 6) is 0.387. The molecule has 0 fully saturated rings. The van der Waals surface area contributed by atoms with Gasteiger partial charge in [0.2, 0.25) is 0 Å². The number of allylic oxidation sites excluding steroid dienone is 4. The Morgan fingerprint density at radius 3 is 2.07 bits per heavy atom. The van der Waals surface area contributed by atoms with Crippen molar-refractivity contribution in [1.29, 1.82) is 0 Å². The van der Waals surface area contributed by atoms with Gasteiger partial charge in [0.05, 0.1) is 0 Å². The second kappa shape index (κ2) is 10.0. The average molecular weight is 197 g/mol. The molecule has 0 aliphatic carbocycles. The highest BCUT2D eigenvalue weighted by Crippen LogP contribution is 2.11. The summed E-state index contributed by atoms with van der Waals surface area (Å²) in [6, 6.07) is 0. The number of rotatable bonds is 4. The Kier molecular flexibility index (Phi) is 11.1. The van der Waals surface area contributed by atoms with Gasteiger partial charge in [-0.25, -0.2) is 0 Å². The number of carbonyl (C=O) groups is 1. The summed E-state index contributed by atoms with van der Waals surface area (Å²) in [6.07, 6.45) is 4.42. The lowest BCUT2D eigenvalue weighted by Gasteiger charge is -2.06. The fraction of sp³-hybridized carbons (Fsp3) is 0.583. The lowest BCUT2D eigenvalue weighted by atomic mass is 10.0. The first kappa shape index (κ1) is 15.4. The van der Waals surface area contributed by atoms with Crippen LogP contribution in [0.5, 0.6) is 0 Å². The third kappa shape index (κ3) is 7.59. The van der Waals surface area contributed by atoms with Crippen LogP contribution in [0.3, 0.4) is 0 Å². The van der Waals surface area contributed by atoms with Gasteiger partial charge in [-0.05, 0) is 30.6 Å². The SMILES string of the molecule is CC.CN/C(C)=C\C(=C/C=O)C(C)C. The Hall–Kier alpha value is -1.05. The van der Waals surface area contributed by atoms with Crippen molar-refractivity contribution in [3.63, 3.8) is 0 Å². The number of nitrogens with one attached hydrogen (secondary N) is 1. The minimum absolute atomic E-state index is 0.387. The molecule has 0 saturated heterocycles. The van der Waals surface area contributed by atoms with Gasteiger partial charge in [-0.3, -0.25) is 4.79 Å². The van der Waals surface area contributed by atoms with Crippen LogP contribution >= 0.6 is 0 Å². The summed E-state index contributed by atoms with van der Waals surface area (Å²) in [4.78, 5) is 10.3. The zero-order chi connectivity index (χ0) is 11.6. The number of carbonyl (C=O) groups excluding carboxylic acids is 1. The standard InChI is InChI=1S/C10H17NO.C2H6/c1-8(2)10(5-6-12)7-9(3)11-4;1-2/h5-8,11H,1-4H3;1-2H3/b9-7-,10-5+;. The Morgan fingerprint density at radius 2 is 1.79 bits per heavy atom. The highest BCUT2D eigenvalue weighted by molar-refractivity contribution is 5.67. The molecule has 0 aliphatic rings. The molecule has 2 heteroatoms. The lowest BCUT2D eigenvalue weighted by molar-refractivity contribution is -0.104. The van der Waals surface area contributed by atoms with Gasteiger partial charge in [0.15, 0.2) is 0 Å². The molecule has 0 aromatic heterocycles. The molecule has 14 heavy (non-hydrogen) atoms. The smallest absolute Gasteiger partial charge is 0.143 e. The summed E-state index contributed by atoms with van der Waals surface area (Å²) in [6.45, 7) is 10.1. The van der Waals surface area contributed by atoms with Gasteiger partial charge in [0.1, 0.15) is 6.29 Å². The topological polar surface area (TPSA) is 29.1 Å². The maximum absolute atomic E-state index is 10.3. The fourth-order valence-corrected chi connectivity index (χ4v) is 0.808. The quantitative estimate of drug-likeness (QED) is 0.426. The van der Waals surface area contributed by atoms with E-state index in [1.165, 1.54) is 0 Å². The first-order chi connectivity index (χ1) is 6.61. The van der Waals surface area contributed by atoms with Crippen LogP contribution in [0.2, 0.25) is 0 Å². The molecule has 82 valence electrons. The largest absolute Gasteiger partial charge is 0.392 e. The second-order valence-electron chi connectivity index (χ2n) is 3.03. The molecule has 0 amide bonds. The molecule has 0 unspecified atom stereocenters. The first-order valence-electron chi connectivity index (χ1n) is 5.13. The lowest BCUT2D eigenvalue weighted by Crippen LogP contribution is -2.03. The number of aldehydes is 1. The van der Waals surface area contributed by atoms with Crippen LogP contribution in [0, 0.1) is 5.92 Å². The predicted octanol–water partition coefficient (Wildman–Crippen LogP) is 2.92. The average Bonchev–Trinajstić information content (AvgIpc) is 2.19. The van der Waals surface area contributed by atoms with Gasteiger partial charge in [0, 0.05) is 12.7 Å². The minimum Gasteiger partial charge on any atom is -0.392 e. The van der Waals surface area contributed by atoms with Crippen molar-refractivity contribution in [1.82, 2.24) is 5.32 Å². The molecule has 0 aliphatic heterocycles. The maximum atomic E-state index is 10.3. The van der Waals surface area contributed by atoms with Gasteiger partial charge >= 0.3 is 0 Å². The third-order valence-electron chi connectivity index (χ3n) is 1.70. The molecular formula is C12H23NO. The minimum atomic E-state index is 0.387. The first-order valence-corrected chi connectivity index (χ1v) is 5.13. The molecule has 0 saturated carbocycles. The summed E-state index contributed by atoms with van der Waals surface area (Å²) in [5.41, 5.74) is 2.12. The van der Waals surface area contributed by atoms with Gasteiger partial charge in [-0.1, -0.05) is 27.7 Å². The van der Waals surface area contributed by atoms with E-state index in [0.29, 0.717) is 5.92 Å². The third-order valence-corrected chi connectivity index (χ3v) is 1.70.